The highest BCUT2D eigenvalue weighted by molar-refractivity contribution is 6.00. The van der Waals surface area contributed by atoms with Gasteiger partial charge in [0.1, 0.15) is 5.84 Å². The van der Waals surface area contributed by atoms with Crippen LogP contribution in [0.1, 0.15) is 50.6 Å². The van der Waals surface area contributed by atoms with Crippen molar-refractivity contribution in [2.75, 3.05) is 0 Å². The summed E-state index contributed by atoms with van der Waals surface area (Å²) in [5, 5.41) is 0. The standard InChI is InChI=1S/C37H30N6.C3H6.C2H6.C2H4/c1-26(27-2-4-28(5-3-27)31-14-20-39-21-15-31)42-37(35-12-8-30(9-13-35)33-18-24-41-25-19-33)43-36(38)34-10-6-29(7-11-34)32-16-22-40-23-17-32;1-3-2;2*1-2/h2-25,37H,1H3,(H2,38,43);3H,1H2,2H3;1-2H3;1-2H2/b42-26+;;;. The van der Waals surface area contributed by atoms with Gasteiger partial charge in [-0.2, -0.15) is 0 Å². The quantitative estimate of drug-likeness (QED) is 0.100. The van der Waals surface area contributed by atoms with E-state index in [1.54, 1.807) is 43.3 Å². The smallest absolute Gasteiger partial charge is 0.167 e. The number of nitrogens with two attached hydrogens (primary N) is 1. The van der Waals surface area contributed by atoms with Gasteiger partial charge in [-0.05, 0) is 94.8 Å². The molecule has 0 aliphatic rings. The minimum absolute atomic E-state index is 0.425. The summed E-state index contributed by atoms with van der Waals surface area (Å²) in [5.41, 5.74) is 16.9. The monoisotopic (exact) mass is 658 g/mol. The Morgan fingerprint density at radius 3 is 1.20 bits per heavy atom. The van der Waals surface area contributed by atoms with Gasteiger partial charge in [-0.1, -0.05) is 92.7 Å². The second-order valence-corrected chi connectivity index (χ2v) is 10.5. The number of pyridine rings is 3. The van der Waals surface area contributed by atoms with E-state index in [-0.39, 0.29) is 0 Å². The molecule has 0 spiro atoms. The average Bonchev–Trinajstić information content (AvgIpc) is 3.20. The van der Waals surface area contributed by atoms with Gasteiger partial charge >= 0.3 is 0 Å². The summed E-state index contributed by atoms with van der Waals surface area (Å²) in [6.07, 6.45) is 12.0. The lowest BCUT2D eigenvalue weighted by Crippen LogP contribution is -2.15. The maximum absolute atomic E-state index is 6.60. The molecule has 1 unspecified atom stereocenters. The predicted octanol–water partition coefficient (Wildman–Crippen LogP) is 10.8. The number of hydrogen-bond acceptors (Lipinski definition) is 5. The number of benzene rings is 3. The second kappa shape index (κ2) is 20.9. The van der Waals surface area contributed by atoms with Crippen molar-refractivity contribution in [2.24, 2.45) is 15.7 Å². The summed E-state index contributed by atoms with van der Waals surface area (Å²) in [7, 11) is 0. The Kier molecular flexibility index (Phi) is 15.9. The zero-order valence-electron chi connectivity index (χ0n) is 29.4. The average molecular weight is 659 g/mol. The summed E-state index contributed by atoms with van der Waals surface area (Å²) >= 11 is 0. The molecule has 0 fully saturated rings. The fourth-order valence-corrected chi connectivity index (χ4v) is 4.86. The van der Waals surface area contributed by atoms with Crippen LogP contribution in [0.25, 0.3) is 33.4 Å². The van der Waals surface area contributed by atoms with Crippen LogP contribution in [0.2, 0.25) is 0 Å². The first kappa shape index (κ1) is 38.2. The van der Waals surface area contributed by atoms with Crippen molar-refractivity contribution >= 4 is 11.5 Å². The normalized spacial score (nSPS) is 11.3. The Balaban J connectivity index is 0.000000902. The Hall–Kier alpha value is -6.27. The molecule has 2 N–H and O–H groups in total. The van der Waals surface area contributed by atoms with Crippen molar-refractivity contribution in [3.8, 4) is 33.4 Å². The summed E-state index contributed by atoms with van der Waals surface area (Å²) in [5.74, 6) is 0.425. The third-order valence-corrected chi connectivity index (χ3v) is 7.31. The van der Waals surface area contributed by atoms with E-state index >= 15 is 0 Å². The predicted molar refractivity (Wildman–Crippen MR) is 213 cm³/mol. The number of amidine groups is 1. The van der Waals surface area contributed by atoms with Crippen molar-refractivity contribution in [3.05, 3.63) is 189 Å². The molecule has 6 rings (SSSR count). The maximum atomic E-state index is 6.60. The summed E-state index contributed by atoms with van der Waals surface area (Å²) in [6, 6.07) is 36.7. The minimum Gasteiger partial charge on any atom is -0.383 e. The molecule has 0 radical (unpaired) electrons. The van der Waals surface area contributed by atoms with Gasteiger partial charge in [-0.15, -0.1) is 19.7 Å². The second-order valence-electron chi connectivity index (χ2n) is 10.5. The first-order chi connectivity index (χ1) is 24.6. The first-order valence-electron chi connectivity index (χ1n) is 16.5. The van der Waals surface area contributed by atoms with Gasteiger partial charge in [0.15, 0.2) is 6.17 Å². The molecule has 3 aromatic carbocycles. The molecule has 0 saturated carbocycles. The van der Waals surface area contributed by atoms with Crippen LogP contribution in [0, 0.1) is 0 Å². The van der Waals surface area contributed by atoms with E-state index < -0.39 is 6.17 Å². The fourth-order valence-electron chi connectivity index (χ4n) is 4.86. The van der Waals surface area contributed by atoms with Gasteiger partial charge in [0.25, 0.3) is 0 Å². The fraction of sp³-hybridized carbons (Fsp3) is 0.114. The Morgan fingerprint density at radius 1 is 0.540 bits per heavy atom. The molecule has 6 nitrogen and oxygen atoms in total. The molecule has 6 aromatic rings. The van der Waals surface area contributed by atoms with Crippen LogP contribution in [-0.4, -0.2) is 26.5 Å². The van der Waals surface area contributed by atoms with Crippen molar-refractivity contribution in [3.63, 3.8) is 0 Å². The van der Waals surface area contributed by atoms with Crippen molar-refractivity contribution < 1.29 is 0 Å². The van der Waals surface area contributed by atoms with Crippen LogP contribution in [-0.2, 0) is 0 Å². The van der Waals surface area contributed by atoms with E-state index in [1.165, 1.54) is 0 Å². The van der Waals surface area contributed by atoms with Crippen LogP contribution in [0.5, 0.6) is 0 Å². The van der Waals surface area contributed by atoms with Crippen LogP contribution >= 0.6 is 0 Å². The molecule has 1 atom stereocenters. The summed E-state index contributed by atoms with van der Waals surface area (Å²) in [6.45, 7) is 17.3. The SMILES string of the molecule is C/C(=N\C(/N=C(\N)c1ccc(-c2ccncc2)cc1)c1ccc(-c2ccncc2)cc1)c1ccc(-c2ccncc2)cc1.C=C.C=CC.CC. The molecule has 50 heavy (non-hydrogen) atoms. The van der Waals surface area contributed by atoms with Crippen LogP contribution in [0.15, 0.2) is 182 Å². The molecule has 3 heterocycles. The van der Waals surface area contributed by atoms with E-state index in [1.807, 2.05) is 88.4 Å². The van der Waals surface area contributed by atoms with E-state index in [2.05, 4.69) is 83.2 Å². The molecular weight excluding hydrogens is 613 g/mol. The van der Waals surface area contributed by atoms with Crippen LogP contribution < -0.4 is 5.73 Å². The molecule has 0 aliphatic carbocycles. The Bertz CT molecular complexity index is 1800. The van der Waals surface area contributed by atoms with Crippen LogP contribution in [0.3, 0.4) is 0 Å². The van der Waals surface area contributed by atoms with Gasteiger partial charge in [0.2, 0.25) is 0 Å². The Labute approximate surface area is 297 Å². The molecule has 0 amide bonds. The number of rotatable bonds is 8. The molecule has 6 heteroatoms. The van der Waals surface area contributed by atoms with Gasteiger partial charge in [0, 0.05) is 48.5 Å². The molecule has 3 aromatic heterocycles. The minimum atomic E-state index is -0.522. The van der Waals surface area contributed by atoms with Crippen molar-refractivity contribution in [2.45, 2.75) is 33.9 Å². The first-order valence-corrected chi connectivity index (χ1v) is 16.5. The maximum Gasteiger partial charge on any atom is 0.167 e. The highest BCUT2D eigenvalue weighted by Crippen LogP contribution is 2.27. The summed E-state index contributed by atoms with van der Waals surface area (Å²) < 4.78 is 0. The van der Waals surface area contributed by atoms with Gasteiger partial charge < -0.3 is 5.73 Å². The molecule has 0 saturated heterocycles. The van der Waals surface area contributed by atoms with E-state index in [9.17, 15) is 0 Å². The molecule has 0 bridgehead atoms. The van der Waals surface area contributed by atoms with Crippen molar-refractivity contribution in [1.29, 1.82) is 0 Å². The van der Waals surface area contributed by atoms with Crippen molar-refractivity contribution in [1.82, 2.24) is 15.0 Å². The summed E-state index contributed by atoms with van der Waals surface area (Å²) in [4.78, 5) is 22.4. The Morgan fingerprint density at radius 2 is 0.840 bits per heavy atom. The number of aromatic nitrogens is 3. The lowest BCUT2D eigenvalue weighted by molar-refractivity contribution is 0.777. The van der Waals surface area contributed by atoms with E-state index in [4.69, 9.17) is 15.7 Å². The van der Waals surface area contributed by atoms with E-state index in [0.29, 0.717) is 5.84 Å². The molecular formula is C44H46N6. The van der Waals surface area contributed by atoms with E-state index in [0.717, 1.165) is 55.8 Å². The third kappa shape index (κ3) is 10.9. The lowest BCUT2D eigenvalue weighted by atomic mass is 10.0. The van der Waals surface area contributed by atoms with Gasteiger partial charge in [-0.25, -0.2) is 4.99 Å². The zero-order valence-corrected chi connectivity index (χ0v) is 29.4. The highest BCUT2D eigenvalue weighted by Gasteiger charge is 2.13. The lowest BCUT2D eigenvalue weighted by Gasteiger charge is -2.14. The van der Waals surface area contributed by atoms with Gasteiger partial charge in [-0.3, -0.25) is 19.9 Å². The number of hydrogen-bond donors (Lipinski definition) is 1. The topological polar surface area (TPSA) is 89.4 Å². The number of allylic oxidation sites excluding steroid dienone is 1. The number of nitrogens with zero attached hydrogens (tertiary/aromatic N) is 5. The molecule has 252 valence electrons. The zero-order chi connectivity index (χ0) is 36.1. The van der Waals surface area contributed by atoms with Crippen LogP contribution in [0.4, 0.5) is 0 Å². The van der Waals surface area contributed by atoms with Gasteiger partial charge in [0.05, 0.1) is 0 Å². The molecule has 0 aliphatic heterocycles. The number of aliphatic imine (C=N–C) groups is 2. The third-order valence-electron chi connectivity index (χ3n) is 7.31. The highest BCUT2D eigenvalue weighted by atomic mass is 15.0. The largest absolute Gasteiger partial charge is 0.383 e.